The Morgan fingerprint density at radius 2 is 0.521 bits per heavy atom. The van der Waals surface area contributed by atoms with Gasteiger partial charge in [-0.15, -0.1) is 0 Å². The zero-order valence-corrected chi connectivity index (χ0v) is 67.1. The van der Waals surface area contributed by atoms with E-state index in [1.54, 1.807) is 0 Å². The fourth-order valence-corrected chi connectivity index (χ4v) is 19.6. The molecule has 0 N–H and O–H groups in total. The van der Waals surface area contributed by atoms with Gasteiger partial charge in [-0.3, -0.25) is 0 Å². The molecule has 0 fully saturated rings. The number of nitrogens with zero attached hydrogens (tertiary/aromatic N) is 4. The first kappa shape index (κ1) is 70.8. The minimum Gasteiger partial charge on any atom is -0.310 e. The number of benzene rings is 19. The molecule has 21 aromatic rings. The van der Waals surface area contributed by atoms with Crippen LogP contribution in [0.2, 0.25) is 0 Å². The predicted molar refractivity (Wildman–Crippen MR) is 505 cm³/mol. The second kappa shape index (κ2) is 28.3. The Balaban J connectivity index is 0.000000144. The van der Waals surface area contributed by atoms with Crippen LogP contribution >= 0.6 is 0 Å². The molecule has 0 spiro atoms. The van der Waals surface area contributed by atoms with Crippen molar-refractivity contribution in [2.45, 2.75) is 45.4 Å². The van der Waals surface area contributed by atoms with Gasteiger partial charge < -0.3 is 18.9 Å². The third kappa shape index (κ3) is 12.0. The molecule has 19 aromatic carbocycles. The summed E-state index contributed by atoms with van der Waals surface area (Å²) in [5.41, 5.74) is 35.7. The quantitative estimate of drug-likeness (QED) is 0.121. The highest BCUT2D eigenvalue weighted by Gasteiger charge is 2.38. The van der Waals surface area contributed by atoms with Crippen LogP contribution in [0.4, 0.5) is 34.1 Å². The molecule has 0 saturated heterocycles. The molecule has 0 amide bonds. The molecule has 0 atom stereocenters. The number of aromatic nitrogens is 2. The van der Waals surface area contributed by atoms with Crippen molar-refractivity contribution in [2.75, 3.05) is 9.80 Å². The lowest BCUT2D eigenvalue weighted by atomic mass is 9.82. The molecule has 2 aliphatic rings. The Morgan fingerprint density at radius 3 is 0.975 bits per heavy atom. The van der Waals surface area contributed by atoms with E-state index in [1.165, 1.54) is 188 Å². The van der Waals surface area contributed by atoms with Crippen LogP contribution in [0.1, 0.15) is 55.5 Å². The maximum atomic E-state index is 2.44. The third-order valence-corrected chi connectivity index (χ3v) is 25.6. The van der Waals surface area contributed by atoms with Crippen molar-refractivity contribution in [1.82, 2.24) is 9.13 Å². The molecule has 0 unspecified atom stereocenters. The molecular weight excluding hydrogens is 1440 g/mol. The summed E-state index contributed by atoms with van der Waals surface area (Å²) in [6.45, 7) is 11.6. The zero-order valence-electron chi connectivity index (χ0n) is 67.1. The van der Waals surface area contributed by atoms with Gasteiger partial charge in [0, 0.05) is 77.3 Å². The maximum Gasteiger partial charge on any atom is 0.0541 e. The van der Waals surface area contributed by atoms with Crippen LogP contribution < -0.4 is 9.80 Å². The number of hydrogen-bond acceptors (Lipinski definition) is 2. The van der Waals surface area contributed by atoms with Gasteiger partial charge in [-0.25, -0.2) is 0 Å². The topological polar surface area (TPSA) is 16.3 Å². The number of hydrogen-bond donors (Lipinski definition) is 0. The van der Waals surface area contributed by atoms with Crippen LogP contribution in [0.25, 0.3) is 154 Å². The van der Waals surface area contributed by atoms with Crippen LogP contribution in [-0.4, -0.2) is 9.13 Å². The Morgan fingerprint density at radius 1 is 0.202 bits per heavy atom. The molecule has 2 heterocycles. The SMILES string of the molecule is CC1(C)c2ccccc2-c2ccc(N(c3ccc(-c4ccc5c(c4)c4cc(-c6ccccc6)ccc4n5-c4ccccc4)cc3)c3cccc4ccccc34)cc21.Cc1ccc2c(c1)c1cc(-c3ccc4cc(-c5ccc(N(c6ccc7c(c6)C(C)(C)c6ccccc6-7)c6cccc7ccccc67)cc5)ccc4c3)ccc1n2-c1ccccc1. The zero-order chi connectivity index (χ0) is 79.6. The lowest BCUT2D eigenvalue weighted by Crippen LogP contribution is -2.16. The van der Waals surface area contributed by atoms with E-state index in [4.69, 9.17) is 0 Å². The van der Waals surface area contributed by atoms with E-state index in [1.807, 2.05) is 0 Å². The fraction of sp³-hybridized carbons (Fsp3) is 0.0609. The molecule has 2 aromatic heterocycles. The van der Waals surface area contributed by atoms with Crippen LogP contribution in [0, 0.1) is 6.92 Å². The van der Waals surface area contributed by atoms with Crippen molar-refractivity contribution in [1.29, 1.82) is 0 Å². The van der Waals surface area contributed by atoms with Crippen molar-refractivity contribution in [3.8, 4) is 78.1 Å². The average molecular weight is 1520 g/mol. The van der Waals surface area contributed by atoms with E-state index in [0.29, 0.717) is 0 Å². The van der Waals surface area contributed by atoms with Crippen LogP contribution in [0.5, 0.6) is 0 Å². The van der Waals surface area contributed by atoms with Crippen molar-refractivity contribution >= 4 is 110 Å². The molecule has 0 aliphatic heterocycles. The second-order valence-electron chi connectivity index (χ2n) is 33.3. The fourth-order valence-electron chi connectivity index (χ4n) is 19.6. The molecule has 4 nitrogen and oxygen atoms in total. The van der Waals surface area contributed by atoms with Crippen molar-refractivity contribution < 1.29 is 0 Å². The second-order valence-corrected chi connectivity index (χ2v) is 33.3. The van der Waals surface area contributed by atoms with Gasteiger partial charge in [-0.1, -0.05) is 306 Å². The maximum absolute atomic E-state index is 2.44. The summed E-state index contributed by atoms with van der Waals surface area (Å²) in [7, 11) is 0. The highest BCUT2D eigenvalue weighted by molar-refractivity contribution is 6.13. The first-order valence-corrected chi connectivity index (χ1v) is 41.5. The number of anilines is 6. The normalized spacial score (nSPS) is 12.9. The van der Waals surface area contributed by atoms with Crippen LogP contribution in [-0.2, 0) is 10.8 Å². The number of para-hydroxylation sites is 2. The molecule has 0 saturated carbocycles. The largest absolute Gasteiger partial charge is 0.310 e. The first-order chi connectivity index (χ1) is 58.4. The van der Waals surface area contributed by atoms with Crippen molar-refractivity contribution in [3.63, 3.8) is 0 Å². The van der Waals surface area contributed by atoms with E-state index in [-0.39, 0.29) is 10.8 Å². The Labute approximate surface area is 694 Å². The Kier molecular flexibility index (Phi) is 16.8. The van der Waals surface area contributed by atoms with E-state index in [0.717, 1.165) is 28.4 Å². The standard InChI is InChI=1S/C60H44N2.C55H40N2/c1-39-20-32-58-53(34-39)54-37-46(27-33-59(54)62(58)47-14-5-4-6-15-47)45-24-23-43-35-42(21-22-44(43)36-45)40-25-28-48(29-26-40)61(57-19-11-13-41-12-7-8-16-50(41)57)49-30-31-52-51-17-9-10-18-55(51)60(2,3)56(52)38-49;1-55(2)50-22-12-11-21-46(50)47-31-30-44(36-51(47)55)56(52-23-13-17-39-16-9-10-20-45(39)52)43-28-24-38(25-29-43)41-27-33-54-49(35-41)48-34-40(37-14-5-3-6-15-37)26-32-53(48)57(54)42-18-7-4-8-19-42/h4-38H,1-3H3;3-36H,1-2H3. The summed E-state index contributed by atoms with van der Waals surface area (Å²) in [4.78, 5) is 4.87. The monoisotopic (exact) mass is 1520 g/mol. The van der Waals surface area contributed by atoms with Gasteiger partial charge in [0.25, 0.3) is 0 Å². The molecule has 564 valence electrons. The third-order valence-electron chi connectivity index (χ3n) is 25.6. The van der Waals surface area contributed by atoms with E-state index < -0.39 is 0 Å². The van der Waals surface area contributed by atoms with Gasteiger partial charge in [0.15, 0.2) is 0 Å². The van der Waals surface area contributed by atoms with Crippen LogP contribution in [0.15, 0.2) is 419 Å². The summed E-state index contributed by atoms with van der Waals surface area (Å²) in [6.07, 6.45) is 0. The molecule has 0 radical (unpaired) electrons. The first-order valence-electron chi connectivity index (χ1n) is 41.5. The van der Waals surface area contributed by atoms with Gasteiger partial charge in [0.2, 0.25) is 0 Å². The van der Waals surface area contributed by atoms with Gasteiger partial charge in [0.1, 0.15) is 0 Å². The molecule has 2 aliphatic carbocycles. The van der Waals surface area contributed by atoms with E-state index in [9.17, 15) is 0 Å². The Hall–Kier alpha value is -14.8. The summed E-state index contributed by atoms with van der Waals surface area (Å²) in [5.74, 6) is 0. The number of fused-ring (bicyclic) bond motifs is 15. The Bertz CT molecular complexity index is 7580. The molecule has 23 rings (SSSR count). The van der Waals surface area contributed by atoms with E-state index >= 15 is 0 Å². The average Bonchev–Trinajstić information content (AvgIpc) is 1.60. The smallest absolute Gasteiger partial charge is 0.0541 e. The molecule has 4 heteroatoms. The van der Waals surface area contributed by atoms with Crippen LogP contribution in [0.3, 0.4) is 0 Å². The minimum absolute atomic E-state index is 0.0932. The number of aryl methyl sites for hydroxylation is 1. The van der Waals surface area contributed by atoms with Gasteiger partial charge in [-0.05, 0) is 263 Å². The van der Waals surface area contributed by atoms with E-state index in [2.05, 4.69) is 472 Å². The summed E-state index contributed by atoms with van der Waals surface area (Å²) in [5, 5.41) is 12.4. The molecule has 119 heavy (non-hydrogen) atoms. The highest BCUT2D eigenvalue weighted by atomic mass is 15.2. The summed E-state index contributed by atoms with van der Waals surface area (Å²) >= 11 is 0. The molecular formula is C115H84N4. The van der Waals surface area contributed by atoms with Gasteiger partial charge in [0.05, 0.1) is 33.4 Å². The number of rotatable bonds is 12. The lowest BCUT2D eigenvalue weighted by molar-refractivity contribution is 0.660. The van der Waals surface area contributed by atoms with Gasteiger partial charge >= 0.3 is 0 Å². The highest BCUT2D eigenvalue weighted by Crippen LogP contribution is 2.54. The molecule has 0 bridgehead atoms. The summed E-state index contributed by atoms with van der Waals surface area (Å²) in [6, 6.07) is 154. The lowest BCUT2D eigenvalue weighted by Gasteiger charge is -2.29. The predicted octanol–water partition coefficient (Wildman–Crippen LogP) is 31.6. The minimum atomic E-state index is -0.0969. The van der Waals surface area contributed by atoms with Gasteiger partial charge in [-0.2, -0.15) is 0 Å². The summed E-state index contributed by atoms with van der Waals surface area (Å²) < 4.78 is 4.78. The van der Waals surface area contributed by atoms with Crippen molar-refractivity contribution in [3.05, 3.63) is 446 Å². The van der Waals surface area contributed by atoms with Crippen molar-refractivity contribution in [2.24, 2.45) is 0 Å².